The van der Waals surface area contributed by atoms with Crippen LogP contribution in [0.2, 0.25) is 0 Å². The predicted molar refractivity (Wildman–Crippen MR) is 75.3 cm³/mol. The number of aliphatic hydroxyl groups is 1. The third kappa shape index (κ3) is 2.34. The van der Waals surface area contributed by atoms with Crippen molar-refractivity contribution in [1.29, 1.82) is 0 Å². The van der Waals surface area contributed by atoms with Crippen LogP contribution in [0.1, 0.15) is 30.7 Å². The van der Waals surface area contributed by atoms with Gasteiger partial charge in [0.25, 0.3) is 0 Å². The molecular formula is C16H21NO3. The van der Waals surface area contributed by atoms with Crippen LogP contribution >= 0.6 is 0 Å². The highest BCUT2D eigenvalue weighted by Crippen LogP contribution is 2.38. The number of benzene rings is 1. The lowest BCUT2D eigenvalue weighted by molar-refractivity contribution is -0.153. The topological polar surface area (TPSA) is 49.8 Å². The average Bonchev–Trinajstić information content (AvgIpc) is 2.96. The molecule has 2 bridgehead atoms. The van der Waals surface area contributed by atoms with Crippen molar-refractivity contribution < 1.29 is 14.6 Å². The van der Waals surface area contributed by atoms with Gasteiger partial charge in [0, 0.05) is 18.5 Å². The van der Waals surface area contributed by atoms with E-state index in [2.05, 4.69) is 11.9 Å². The summed E-state index contributed by atoms with van der Waals surface area (Å²) in [5.41, 5.74) is 0.816. The second-order valence-corrected chi connectivity index (χ2v) is 5.82. The molecule has 3 unspecified atom stereocenters. The molecule has 2 aliphatic heterocycles. The summed E-state index contributed by atoms with van der Waals surface area (Å²) in [4.78, 5) is 14.6. The first-order valence-corrected chi connectivity index (χ1v) is 7.29. The summed E-state index contributed by atoms with van der Waals surface area (Å²) in [6, 6.07) is 10.3. The molecule has 0 aliphatic carbocycles. The van der Waals surface area contributed by atoms with Crippen molar-refractivity contribution in [2.45, 2.75) is 43.4 Å². The predicted octanol–water partition coefficient (Wildman–Crippen LogP) is 1.54. The smallest absolute Gasteiger partial charge is 0.316 e. The van der Waals surface area contributed by atoms with E-state index in [0.29, 0.717) is 12.1 Å². The first-order chi connectivity index (χ1) is 9.70. The van der Waals surface area contributed by atoms with Crippen LogP contribution in [0.25, 0.3) is 0 Å². The molecule has 1 N–H and O–H groups in total. The van der Waals surface area contributed by atoms with Crippen LogP contribution < -0.4 is 0 Å². The molecule has 4 nitrogen and oxygen atoms in total. The third-order valence-corrected chi connectivity index (χ3v) is 4.76. The van der Waals surface area contributed by atoms with Crippen molar-refractivity contribution in [3.8, 4) is 0 Å². The van der Waals surface area contributed by atoms with Crippen LogP contribution in [0, 0.1) is 0 Å². The molecule has 20 heavy (non-hydrogen) atoms. The summed E-state index contributed by atoms with van der Waals surface area (Å²) in [5.74, 6) is -0.870. The molecule has 108 valence electrons. The van der Waals surface area contributed by atoms with Crippen molar-refractivity contribution in [3.05, 3.63) is 35.9 Å². The van der Waals surface area contributed by atoms with E-state index in [1.165, 1.54) is 6.42 Å². The highest BCUT2D eigenvalue weighted by molar-refractivity contribution is 5.78. The minimum atomic E-state index is -0.569. The van der Waals surface area contributed by atoms with Gasteiger partial charge in [0.15, 0.2) is 0 Å². The fourth-order valence-electron chi connectivity index (χ4n) is 3.56. The molecule has 0 aromatic heterocycles. The van der Waals surface area contributed by atoms with Crippen LogP contribution in [0.5, 0.6) is 0 Å². The zero-order chi connectivity index (χ0) is 14.1. The van der Waals surface area contributed by atoms with E-state index < -0.39 is 5.92 Å². The van der Waals surface area contributed by atoms with Crippen molar-refractivity contribution in [2.75, 3.05) is 13.7 Å². The largest absolute Gasteiger partial charge is 0.460 e. The maximum Gasteiger partial charge on any atom is 0.316 e. The molecule has 0 radical (unpaired) electrons. The molecule has 2 aliphatic rings. The lowest BCUT2D eigenvalue weighted by Crippen LogP contribution is -2.34. The van der Waals surface area contributed by atoms with E-state index in [1.807, 2.05) is 30.3 Å². The monoisotopic (exact) mass is 275 g/mol. The summed E-state index contributed by atoms with van der Waals surface area (Å²) in [6.45, 7) is -0.209. The molecule has 3 rings (SSSR count). The Labute approximate surface area is 119 Å². The lowest BCUT2D eigenvalue weighted by Gasteiger charge is -2.24. The van der Waals surface area contributed by atoms with Crippen molar-refractivity contribution in [1.82, 2.24) is 4.90 Å². The second-order valence-electron chi connectivity index (χ2n) is 5.82. The number of rotatable bonds is 4. The number of nitrogens with zero attached hydrogens (tertiary/aromatic N) is 1. The van der Waals surface area contributed by atoms with Gasteiger partial charge >= 0.3 is 5.97 Å². The summed E-state index contributed by atoms with van der Waals surface area (Å²) in [5, 5.41) is 9.50. The Balaban J connectivity index is 1.67. The minimum Gasteiger partial charge on any atom is -0.460 e. The van der Waals surface area contributed by atoms with E-state index in [4.69, 9.17) is 4.74 Å². The Hall–Kier alpha value is -1.39. The van der Waals surface area contributed by atoms with E-state index in [-0.39, 0.29) is 18.7 Å². The quantitative estimate of drug-likeness (QED) is 0.847. The van der Waals surface area contributed by atoms with E-state index in [9.17, 15) is 9.90 Å². The fourth-order valence-corrected chi connectivity index (χ4v) is 3.56. The molecule has 2 fully saturated rings. The van der Waals surface area contributed by atoms with Crippen molar-refractivity contribution in [3.63, 3.8) is 0 Å². The molecule has 0 spiro atoms. The summed E-state index contributed by atoms with van der Waals surface area (Å²) in [7, 11) is 2.11. The van der Waals surface area contributed by atoms with Crippen LogP contribution in [0.3, 0.4) is 0 Å². The van der Waals surface area contributed by atoms with Crippen LogP contribution in [-0.4, -0.2) is 47.8 Å². The van der Waals surface area contributed by atoms with E-state index in [1.54, 1.807) is 0 Å². The molecule has 1 aromatic carbocycles. The highest BCUT2D eigenvalue weighted by atomic mass is 16.5. The molecular weight excluding hydrogens is 254 g/mol. The lowest BCUT2D eigenvalue weighted by atomic mass is 9.96. The van der Waals surface area contributed by atoms with Gasteiger partial charge in [0.2, 0.25) is 0 Å². The number of fused-ring (bicyclic) bond motifs is 2. The van der Waals surface area contributed by atoms with Gasteiger partial charge in [0.1, 0.15) is 12.0 Å². The van der Waals surface area contributed by atoms with Gasteiger partial charge in [-0.2, -0.15) is 0 Å². The van der Waals surface area contributed by atoms with Crippen LogP contribution in [0.4, 0.5) is 0 Å². The first-order valence-electron chi connectivity index (χ1n) is 7.29. The van der Waals surface area contributed by atoms with Gasteiger partial charge in [-0.05, 0) is 25.5 Å². The SMILES string of the molecule is CN1C2CCC1[C@@H](OC(=O)C(CO)c1ccccc1)C2. The standard InChI is InChI=1S/C16H21NO3/c1-17-12-7-8-14(17)15(9-12)20-16(19)13(10-18)11-5-3-2-4-6-11/h2-6,12-15,18H,7-10H2,1H3/t12?,13?,14?,15-/m0/s1. The number of likely N-dealkylation sites (N-methyl/N-ethyl adjacent to an activating group) is 1. The summed E-state index contributed by atoms with van der Waals surface area (Å²) < 4.78 is 5.68. The normalized spacial score (nSPS) is 30.4. The van der Waals surface area contributed by atoms with Crippen molar-refractivity contribution >= 4 is 5.97 Å². The number of aliphatic hydroxyl groups excluding tert-OH is 1. The van der Waals surface area contributed by atoms with Gasteiger partial charge in [0.05, 0.1) is 6.61 Å². The maximum atomic E-state index is 12.3. The number of carbonyl (C=O) groups is 1. The van der Waals surface area contributed by atoms with Crippen LogP contribution in [-0.2, 0) is 9.53 Å². The molecule has 1 aromatic rings. The van der Waals surface area contributed by atoms with E-state index in [0.717, 1.165) is 18.4 Å². The average molecular weight is 275 g/mol. The number of ether oxygens (including phenoxy) is 1. The molecule has 4 heteroatoms. The summed E-state index contributed by atoms with van der Waals surface area (Å²) >= 11 is 0. The Kier molecular flexibility index (Phi) is 3.76. The number of carbonyl (C=O) groups excluding carboxylic acids is 1. The van der Waals surface area contributed by atoms with Gasteiger partial charge in [-0.15, -0.1) is 0 Å². The maximum absolute atomic E-state index is 12.3. The zero-order valence-electron chi connectivity index (χ0n) is 11.7. The number of hydrogen-bond donors (Lipinski definition) is 1. The Morgan fingerprint density at radius 2 is 2.15 bits per heavy atom. The first kappa shape index (κ1) is 13.6. The fraction of sp³-hybridized carbons (Fsp3) is 0.562. The van der Waals surface area contributed by atoms with Gasteiger partial charge in [-0.25, -0.2) is 0 Å². The molecule has 0 saturated carbocycles. The van der Waals surface area contributed by atoms with Gasteiger partial charge in [-0.3, -0.25) is 9.69 Å². The van der Waals surface area contributed by atoms with Crippen LogP contribution in [0.15, 0.2) is 30.3 Å². The van der Waals surface area contributed by atoms with Gasteiger partial charge < -0.3 is 9.84 Å². The Morgan fingerprint density at radius 1 is 1.40 bits per heavy atom. The minimum absolute atomic E-state index is 0.0102. The molecule has 2 heterocycles. The summed E-state index contributed by atoms with van der Waals surface area (Å²) in [6.07, 6.45) is 3.23. The third-order valence-electron chi connectivity index (χ3n) is 4.76. The Bertz CT molecular complexity index is 476. The molecule has 4 atom stereocenters. The van der Waals surface area contributed by atoms with Crippen molar-refractivity contribution in [2.24, 2.45) is 0 Å². The van der Waals surface area contributed by atoms with Gasteiger partial charge in [-0.1, -0.05) is 30.3 Å². The zero-order valence-corrected chi connectivity index (χ0v) is 11.7. The second kappa shape index (κ2) is 5.54. The number of hydrogen-bond acceptors (Lipinski definition) is 4. The molecule has 2 saturated heterocycles. The number of esters is 1. The highest BCUT2D eigenvalue weighted by Gasteiger charge is 2.46. The Morgan fingerprint density at radius 3 is 2.70 bits per heavy atom. The van der Waals surface area contributed by atoms with E-state index >= 15 is 0 Å². The molecule has 0 amide bonds.